The summed E-state index contributed by atoms with van der Waals surface area (Å²) in [5, 5.41) is 9.15. The van der Waals surface area contributed by atoms with Crippen molar-refractivity contribution in [2.24, 2.45) is 5.92 Å². The first-order chi connectivity index (χ1) is 30.2. The van der Waals surface area contributed by atoms with Crippen LogP contribution in [-0.4, -0.2) is 9.13 Å². The molecule has 4 heteroatoms. The van der Waals surface area contributed by atoms with Gasteiger partial charge in [0.2, 0.25) is 0 Å². The van der Waals surface area contributed by atoms with Crippen molar-refractivity contribution in [2.75, 3.05) is 0 Å². The van der Waals surface area contributed by atoms with Gasteiger partial charge in [-0.1, -0.05) is 153 Å². The zero-order valence-electron chi connectivity index (χ0n) is 33.7. The Morgan fingerprint density at radius 2 is 0.803 bits per heavy atom. The second-order valence-corrected chi connectivity index (χ2v) is 18.1. The van der Waals surface area contributed by atoms with E-state index in [1.165, 1.54) is 118 Å². The molecule has 0 saturated heterocycles. The van der Waals surface area contributed by atoms with Crippen molar-refractivity contribution in [1.29, 1.82) is 0 Å². The van der Waals surface area contributed by atoms with Crippen LogP contribution in [0.15, 0.2) is 189 Å². The van der Waals surface area contributed by atoms with Crippen LogP contribution in [0.2, 0.25) is 0 Å². The number of benzene rings is 8. The van der Waals surface area contributed by atoms with E-state index in [4.69, 9.17) is 0 Å². The molecule has 2 nitrogen and oxygen atoms in total. The number of aromatic nitrogens is 2. The molecular weight excluding hydrogens is 777 g/mol. The lowest BCUT2D eigenvalue weighted by molar-refractivity contribution is 0.718. The Labute approximate surface area is 362 Å². The van der Waals surface area contributed by atoms with Gasteiger partial charge >= 0.3 is 0 Å². The van der Waals surface area contributed by atoms with Gasteiger partial charge in [0.05, 0.1) is 37.3 Å². The zero-order chi connectivity index (χ0) is 40.8. The van der Waals surface area contributed by atoms with E-state index >= 15 is 0 Å². The third-order valence-corrected chi connectivity index (χ3v) is 15.3. The molecule has 290 valence electrons. The summed E-state index contributed by atoms with van der Waals surface area (Å²) in [6.07, 6.45) is 5.80. The van der Waals surface area contributed by atoms with Crippen molar-refractivity contribution in [3.8, 4) is 33.6 Å². The number of thiophene rings is 2. The summed E-state index contributed by atoms with van der Waals surface area (Å²) >= 11 is 3.86. The number of hydrogen-bond donors (Lipinski definition) is 0. The highest BCUT2D eigenvalue weighted by molar-refractivity contribution is 7.27. The number of para-hydroxylation sites is 3. The maximum absolute atomic E-state index is 3.00. The Morgan fingerprint density at radius 3 is 1.34 bits per heavy atom. The van der Waals surface area contributed by atoms with Gasteiger partial charge in [-0.15, -0.1) is 35.8 Å². The van der Waals surface area contributed by atoms with Crippen molar-refractivity contribution in [3.05, 3.63) is 200 Å². The predicted molar refractivity (Wildman–Crippen MR) is 267 cm³/mol. The van der Waals surface area contributed by atoms with E-state index in [0.29, 0.717) is 5.92 Å². The molecule has 0 radical (unpaired) electrons. The van der Waals surface area contributed by atoms with Crippen LogP contribution >= 0.6 is 22.7 Å². The van der Waals surface area contributed by atoms with Crippen molar-refractivity contribution >= 4 is 102 Å². The normalized spacial score (nSPS) is 13.8. The largest absolute Gasteiger partial charge is 0.308 e. The van der Waals surface area contributed by atoms with E-state index in [-0.39, 0.29) is 0 Å². The van der Waals surface area contributed by atoms with E-state index in [1.807, 2.05) is 22.7 Å². The van der Waals surface area contributed by atoms with E-state index in [2.05, 4.69) is 211 Å². The fraction of sp³-hybridized carbons (Fsp3) is 0.0526. The lowest BCUT2D eigenvalue weighted by Crippen LogP contribution is -2.05. The van der Waals surface area contributed by atoms with Gasteiger partial charge in [-0.3, -0.25) is 0 Å². The highest BCUT2D eigenvalue weighted by Crippen LogP contribution is 2.49. The number of fused-ring (bicyclic) bond motifs is 12. The molecule has 1 aliphatic carbocycles. The summed E-state index contributed by atoms with van der Waals surface area (Å²) in [6, 6.07) is 63.1. The van der Waals surface area contributed by atoms with Gasteiger partial charge < -0.3 is 9.13 Å². The molecule has 1 unspecified atom stereocenters. The Bertz CT molecular complexity index is 3700. The summed E-state index contributed by atoms with van der Waals surface area (Å²) in [6.45, 7) is 8.32. The number of rotatable bonds is 4. The molecule has 61 heavy (non-hydrogen) atoms. The molecule has 1 atom stereocenters. The smallest absolute Gasteiger partial charge is 0.0640 e. The molecule has 8 aromatic carbocycles. The molecule has 1 aliphatic rings. The summed E-state index contributed by atoms with van der Waals surface area (Å²) in [5.41, 5.74) is 14.1. The summed E-state index contributed by atoms with van der Waals surface area (Å²) in [7, 11) is 0. The number of allylic oxidation sites excluding steroid dienone is 1. The van der Waals surface area contributed by atoms with Crippen LogP contribution in [0.4, 0.5) is 0 Å². The molecular formula is C57H40N2S2. The van der Waals surface area contributed by atoms with Crippen molar-refractivity contribution in [2.45, 2.75) is 13.3 Å². The van der Waals surface area contributed by atoms with Crippen LogP contribution in [0.5, 0.6) is 0 Å². The molecule has 0 bridgehead atoms. The third kappa shape index (κ3) is 5.26. The minimum atomic E-state index is 0.532. The maximum Gasteiger partial charge on any atom is 0.0640 e. The lowest BCUT2D eigenvalue weighted by Gasteiger charge is -2.16. The lowest BCUT2D eigenvalue weighted by atomic mass is 9.93. The SMILES string of the molecule is C=C.CC1C=Cc2c(c3ccccc3n2-c2cccc3c2sc2c(-c4ccccc4-c4cccc5c4sc4c(-n6c7ccccc7c7ccccc76)cccc45)cccc23)C1. The first-order valence-corrected chi connectivity index (χ1v) is 22.6. The average Bonchev–Trinajstić information content (AvgIpc) is 4.08. The van der Waals surface area contributed by atoms with Crippen LogP contribution in [-0.2, 0) is 6.42 Å². The number of hydrogen-bond acceptors (Lipinski definition) is 2. The fourth-order valence-electron chi connectivity index (χ4n) is 10.1. The van der Waals surface area contributed by atoms with Crippen LogP contribution in [0.3, 0.4) is 0 Å². The summed E-state index contributed by atoms with van der Waals surface area (Å²) < 4.78 is 10.3. The van der Waals surface area contributed by atoms with Crippen molar-refractivity contribution < 1.29 is 0 Å². The molecule has 12 aromatic rings. The molecule has 0 saturated carbocycles. The molecule has 0 spiro atoms. The molecule has 4 heterocycles. The third-order valence-electron chi connectivity index (χ3n) is 12.7. The maximum atomic E-state index is 3.00. The minimum Gasteiger partial charge on any atom is -0.308 e. The Hall–Kier alpha value is -6.98. The molecule has 0 amide bonds. The van der Waals surface area contributed by atoms with Gasteiger partial charge in [0.25, 0.3) is 0 Å². The topological polar surface area (TPSA) is 9.86 Å². The highest BCUT2D eigenvalue weighted by atomic mass is 32.1. The van der Waals surface area contributed by atoms with Gasteiger partial charge in [0.1, 0.15) is 0 Å². The Kier molecular flexibility index (Phi) is 8.28. The molecule has 0 fully saturated rings. The summed E-state index contributed by atoms with van der Waals surface area (Å²) in [4.78, 5) is 0. The van der Waals surface area contributed by atoms with Gasteiger partial charge in [-0.2, -0.15) is 0 Å². The zero-order valence-corrected chi connectivity index (χ0v) is 35.4. The van der Waals surface area contributed by atoms with Crippen molar-refractivity contribution in [1.82, 2.24) is 9.13 Å². The van der Waals surface area contributed by atoms with Gasteiger partial charge in [-0.05, 0) is 65.4 Å². The second-order valence-electron chi connectivity index (χ2n) is 16.0. The molecule has 4 aromatic heterocycles. The highest BCUT2D eigenvalue weighted by Gasteiger charge is 2.24. The Balaban J connectivity index is 0.00000197. The van der Waals surface area contributed by atoms with Crippen LogP contribution in [0, 0.1) is 5.92 Å². The van der Waals surface area contributed by atoms with Crippen molar-refractivity contribution in [3.63, 3.8) is 0 Å². The minimum absolute atomic E-state index is 0.532. The first-order valence-electron chi connectivity index (χ1n) is 21.0. The van der Waals surface area contributed by atoms with E-state index in [1.54, 1.807) is 0 Å². The van der Waals surface area contributed by atoms with Crippen LogP contribution < -0.4 is 0 Å². The van der Waals surface area contributed by atoms with E-state index in [9.17, 15) is 0 Å². The average molecular weight is 817 g/mol. The predicted octanol–water partition coefficient (Wildman–Crippen LogP) is 16.8. The molecule has 0 N–H and O–H groups in total. The van der Waals surface area contributed by atoms with Crippen LogP contribution in [0.25, 0.3) is 113 Å². The second kappa shape index (κ2) is 14.1. The standard InChI is InChI=1S/C55H36N2S2.C2H4/c1-33-30-31-49-45(32-33)38-18-6-9-27-48(38)57(49)51-29-13-24-44-42-22-11-20-40(53(42)59-55(44)51)35-15-3-2-14-34(35)39-19-10-21-41-43-23-12-28-50(54(43)58-52(39)41)56-46-25-7-4-16-36(46)37-17-5-8-26-47(37)56;1-2/h2-31,33H,32H2,1H3;1-2H2. The fourth-order valence-corrected chi connectivity index (χ4v) is 12.8. The van der Waals surface area contributed by atoms with Crippen LogP contribution in [0.1, 0.15) is 18.2 Å². The van der Waals surface area contributed by atoms with Gasteiger partial charge in [0.15, 0.2) is 0 Å². The quantitative estimate of drug-likeness (QED) is 0.157. The summed E-state index contributed by atoms with van der Waals surface area (Å²) in [5.74, 6) is 0.532. The van der Waals surface area contributed by atoms with Gasteiger partial charge in [-0.25, -0.2) is 0 Å². The van der Waals surface area contributed by atoms with Gasteiger partial charge in [0, 0.05) is 63.9 Å². The monoisotopic (exact) mass is 816 g/mol. The number of nitrogens with zero attached hydrogens (tertiary/aromatic N) is 2. The van der Waals surface area contributed by atoms with E-state index in [0.717, 1.165) is 6.42 Å². The molecule has 13 rings (SSSR count). The van der Waals surface area contributed by atoms with E-state index < -0.39 is 0 Å². The molecule has 0 aliphatic heterocycles. The Morgan fingerprint density at radius 1 is 0.410 bits per heavy atom. The first kappa shape index (κ1) is 35.9.